The van der Waals surface area contributed by atoms with Crippen molar-refractivity contribution >= 4 is 11.7 Å². The fourth-order valence-corrected chi connectivity index (χ4v) is 1.52. The highest BCUT2D eigenvalue weighted by Gasteiger charge is 2.08. The van der Waals surface area contributed by atoms with Crippen LogP contribution in [0.3, 0.4) is 0 Å². The van der Waals surface area contributed by atoms with E-state index in [1.54, 1.807) is 6.07 Å². The van der Waals surface area contributed by atoms with Crippen LogP contribution in [0.15, 0.2) is 24.3 Å². The van der Waals surface area contributed by atoms with E-state index in [0.717, 1.165) is 5.56 Å². The number of hydrogen-bond donors (Lipinski definition) is 2. The van der Waals surface area contributed by atoms with Crippen molar-refractivity contribution < 1.29 is 9.90 Å². The lowest BCUT2D eigenvalue weighted by molar-refractivity contribution is -0.137. The zero-order valence-electron chi connectivity index (χ0n) is 9.65. The Kier molecular flexibility index (Phi) is 3.52. The van der Waals surface area contributed by atoms with Crippen molar-refractivity contribution in [1.82, 2.24) is 20.2 Å². The predicted octanol–water partition coefficient (Wildman–Crippen LogP) is 0.787. The fraction of sp³-hybridized carbons (Fsp3) is 0.273. The van der Waals surface area contributed by atoms with Gasteiger partial charge in [-0.15, -0.1) is 10.2 Å². The minimum absolute atomic E-state index is 0.0876. The first-order valence-electron chi connectivity index (χ1n) is 5.51. The molecule has 0 atom stereocenters. The Morgan fingerprint density at radius 3 is 2.89 bits per heavy atom. The maximum Gasteiger partial charge on any atom is 0.303 e. The molecule has 0 amide bonds. The average Bonchev–Trinajstić information content (AvgIpc) is 2.78. The summed E-state index contributed by atoms with van der Waals surface area (Å²) in [6, 6.07) is 7.25. The smallest absolute Gasteiger partial charge is 0.303 e. The predicted molar refractivity (Wildman–Crippen MR) is 64.5 cm³/mol. The molecule has 18 heavy (non-hydrogen) atoms. The van der Waals surface area contributed by atoms with Gasteiger partial charge in [-0.05, 0) is 23.8 Å². The summed E-state index contributed by atoms with van der Waals surface area (Å²) >= 11 is 0. The van der Waals surface area contributed by atoms with Crippen molar-refractivity contribution in [3.63, 3.8) is 0 Å². The van der Waals surface area contributed by atoms with Crippen molar-refractivity contribution in [2.45, 2.75) is 19.4 Å². The number of nitrogens with zero attached hydrogens (tertiary/aromatic N) is 4. The highest BCUT2D eigenvalue weighted by molar-refractivity contribution is 5.70. The van der Waals surface area contributed by atoms with Crippen LogP contribution < -0.4 is 5.73 Å². The number of benzene rings is 1. The van der Waals surface area contributed by atoms with E-state index >= 15 is 0 Å². The number of aliphatic carboxylic acids is 1. The molecule has 2 aromatic rings. The SMILES string of the molecule is Nc1ccccc1-c1nnn(CCCC(=O)O)n1. The highest BCUT2D eigenvalue weighted by Crippen LogP contribution is 2.20. The van der Waals surface area contributed by atoms with Gasteiger partial charge in [0.2, 0.25) is 5.82 Å². The molecule has 1 heterocycles. The lowest BCUT2D eigenvalue weighted by Gasteiger charge is -1.99. The molecule has 0 saturated heterocycles. The van der Waals surface area contributed by atoms with Crippen LogP contribution in [0.5, 0.6) is 0 Å². The van der Waals surface area contributed by atoms with Crippen LogP contribution >= 0.6 is 0 Å². The van der Waals surface area contributed by atoms with Crippen molar-refractivity contribution in [1.29, 1.82) is 0 Å². The van der Waals surface area contributed by atoms with Crippen molar-refractivity contribution in [2.75, 3.05) is 5.73 Å². The van der Waals surface area contributed by atoms with E-state index < -0.39 is 5.97 Å². The largest absolute Gasteiger partial charge is 0.481 e. The molecule has 7 heteroatoms. The number of nitrogens with two attached hydrogens (primary N) is 1. The van der Waals surface area contributed by atoms with Gasteiger partial charge in [0.05, 0.1) is 6.54 Å². The van der Waals surface area contributed by atoms with Crippen molar-refractivity contribution in [3.05, 3.63) is 24.3 Å². The summed E-state index contributed by atoms with van der Waals surface area (Å²) in [4.78, 5) is 11.8. The number of hydrogen-bond acceptors (Lipinski definition) is 5. The molecule has 1 aromatic carbocycles. The summed E-state index contributed by atoms with van der Waals surface area (Å²) in [5, 5.41) is 20.4. The lowest BCUT2D eigenvalue weighted by atomic mass is 10.2. The van der Waals surface area contributed by atoms with E-state index in [2.05, 4.69) is 15.4 Å². The van der Waals surface area contributed by atoms with Gasteiger partial charge in [0.15, 0.2) is 0 Å². The zero-order chi connectivity index (χ0) is 13.0. The number of rotatable bonds is 5. The van der Waals surface area contributed by atoms with Crippen LogP contribution in [-0.2, 0) is 11.3 Å². The number of tetrazole rings is 1. The summed E-state index contributed by atoms with van der Waals surface area (Å²) in [7, 11) is 0. The summed E-state index contributed by atoms with van der Waals surface area (Å²) in [6.45, 7) is 0.423. The van der Waals surface area contributed by atoms with Crippen LogP contribution in [0.2, 0.25) is 0 Å². The molecule has 2 rings (SSSR count). The highest BCUT2D eigenvalue weighted by atomic mass is 16.4. The van der Waals surface area contributed by atoms with Crippen LogP contribution in [0.4, 0.5) is 5.69 Å². The average molecular weight is 247 g/mol. The third-order valence-electron chi connectivity index (χ3n) is 2.40. The van der Waals surface area contributed by atoms with E-state index in [1.807, 2.05) is 18.2 Å². The molecule has 7 nitrogen and oxygen atoms in total. The van der Waals surface area contributed by atoms with Gasteiger partial charge in [0.25, 0.3) is 0 Å². The molecule has 0 bridgehead atoms. The molecular weight excluding hydrogens is 234 g/mol. The van der Waals surface area contributed by atoms with Crippen LogP contribution in [-0.4, -0.2) is 31.3 Å². The molecule has 0 spiro atoms. The molecule has 0 aliphatic carbocycles. The monoisotopic (exact) mass is 247 g/mol. The van der Waals surface area contributed by atoms with Crippen LogP contribution in [0.25, 0.3) is 11.4 Å². The Hall–Kier alpha value is -2.44. The Morgan fingerprint density at radius 2 is 2.17 bits per heavy atom. The zero-order valence-corrected chi connectivity index (χ0v) is 9.65. The molecule has 0 fully saturated rings. The van der Waals surface area contributed by atoms with Crippen LogP contribution in [0.1, 0.15) is 12.8 Å². The molecule has 0 aliphatic rings. The van der Waals surface area contributed by atoms with Crippen LogP contribution in [0, 0.1) is 0 Å². The maximum atomic E-state index is 10.4. The van der Waals surface area contributed by atoms with E-state index in [1.165, 1.54) is 4.80 Å². The molecule has 1 aromatic heterocycles. The number of nitrogen functional groups attached to an aromatic ring is 1. The van der Waals surface area contributed by atoms with Gasteiger partial charge in [-0.1, -0.05) is 12.1 Å². The van der Waals surface area contributed by atoms with E-state index in [-0.39, 0.29) is 6.42 Å². The Morgan fingerprint density at radius 1 is 1.39 bits per heavy atom. The Bertz CT molecular complexity index is 552. The van der Waals surface area contributed by atoms with Gasteiger partial charge < -0.3 is 10.8 Å². The summed E-state index contributed by atoms with van der Waals surface area (Å²) in [5.41, 5.74) is 7.12. The maximum absolute atomic E-state index is 10.4. The number of aryl methyl sites for hydroxylation is 1. The van der Waals surface area contributed by atoms with Crippen molar-refractivity contribution in [3.8, 4) is 11.4 Å². The molecule has 3 N–H and O–H groups in total. The lowest BCUT2D eigenvalue weighted by Crippen LogP contribution is -2.05. The first-order valence-corrected chi connectivity index (χ1v) is 5.51. The summed E-state index contributed by atoms with van der Waals surface area (Å²) in [6.07, 6.45) is 0.555. The molecule has 0 saturated carbocycles. The van der Waals surface area contributed by atoms with E-state index in [0.29, 0.717) is 24.5 Å². The van der Waals surface area contributed by atoms with Gasteiger partial charge in [-0.3, -0.25) is 4.79 Å². The normalized spacial score (nSPS) is 10.4. The fourth-order valence-electron chi connectivity index (χ4n) is 1.52. The molecule has 0 unspecified atom stereocenters. The first kappa shape index (κ1) is 12.0. The second-order valence-corrected chi connectivity index (χ2v) is 3.79. The standard InChI is InChI=1S/C11H13N5O2/c12-9-5-2-1-4-8(9)11-13-15-16(14-11)7-3-6-10(17)18/h1-2,4-5H,3,6-7,12H2,(H,17,18). The number of para-hydroxylation sites is 1. The minimum atomic E-state index is -0.831. The van der Waals surface area contributed by atoms with E-state index in [4.69, 9.17) is 10.8 Å². The van der Waals surface area contributed by atoms with E-state index in [9.17, 15) is 4.79 Å². The molecule has 94 valence electrons. The second-order valence-electron chi connectivity index (χ2n) is 3.79. The molecule has 0 radical (unpaired) electrons. The van der Waals surface area contributed by atoms with Gasteiger partial charge in [-0.25, -0.2) is 0 Å². The summed E-state index contributed by atoms with van der Waals surface area (Å²) < 4.78 is 0. The number of carbonyl (C=O) groups is 1. The number of carboxylic acid groups (broad SMARTS) is 1. The summed E-state index contributed by atoms with van der Waals surface area (Å²) in [5.74, 6) is -0.383. The second kappa shape index (κ2) is 5.26. The third kappa shape index (κ3) is 2.82. The Labute approximate surface area is 103 Å². The number of anilines is 1. The van der Waals surface area contributed by atoms with Gasteiger partial charge in [0, 0.05) is 17.7 Å². The van der Waals surface area contributed by atoms with Gasteiger partial charge in [-0.2, -0.15) is 4.80 Å². The van der Waals surface area contributed by atoms with Gasteiger partial charge in [0.1, 0.15) is 0 Å². The van der Waals surface area contributed by atoms with Crippen molar-refractivity contribution in [2.24, 2.45) is 0 Å². The molecule has 0 aliphatic heterocycles. The quantitative estimate of drug-likeness (QED) is 0.756. The first-order chi connectivity index (χ1) is 8.66. The number of aromatic nitrogens is 4. The number of carboxylic acids is 1. The van der Waals surface area contributed by atoms with Gasteiger partial charge >= 0.3 is 5.97 Å². The topological polar surface area (TPSA) is 107 Å². The minimum Gasteiger partial charge on any atom is -0.481 e. The third-order valence-corrected chi connectivity index (χ3v) is 2.40. The Balaban J connectivity index is 2.06. The molecular formula is C11H13N5O2.